The lowest BCUT2D eigenvalue weighted by atomic mass is 9.85. The molecule has 0 spiro atoms. The maximum atomic E-state index is 2.55. The molecule has 2 aromatic rings. The maximum Gasteiger partial charge on any atom is 0.0247 e. The molecule has 0 saturated heterocycles. The van der Waals surface area contributed by atoms with Crippen molar-refractivity contribution >= 4 is 0 Å². The second-order valence-corrected chi connectivity index (χ2v) is 6.09. The topological polar surface area (TPSA) is 3.24 Å². The van der Waals surface area contributed by atoms with Crippen LogP contribution in [0.25, 0.3) is 0 Å². The summed E-state index contributed by atoms with van der Waals surface area (Å²) in [5.74, 6) is 0.738. The molecule has 1 fully saturated rings. The summed E-state index contributed by atoms with van der Waals surface area (Å²) < 4.78 is 0. The average Bonchev–Trinajstić information content (AvgIpc) is 3.29. The van der Waals surface area contributed by atoms with Crippen molar-refractivity contribution in [2.45, 2.75) is 25.7 Å². The summed E-state index contributed by atoms with van der Waals surface area (Å²) in [5.41, 5.74) is 3.20. The van der Waals surface area contributed by atoms with Gasteiger partial charge in [-0.15, -0.1) is 0 Å². The molecule has 1 atom stereocenters. The van der Waals surface area contributed by atoms with Gasteiger partial charge in [0.25, 0.3) is 0 Å². The van der Waals surface area contributed by atoms with Crippen molar-refractivity contribution < 1.29 is 0 Å². The first-order valence-corrected chi connectivity index (χ1v) is 8.14. The van der Waals surface area contributed by atoms with Crippen molar-refractivity contribution in [2.24, 2.45) is 5.92 Å². The zero-order valence-electron chi connectivity index (χ0n) is 13.1. The van der Waals surface area contributed by atoms with Gasteiger partial charge in [0, 0.05) is 12.0 Å². The fraction of sp³-hybridized carbons (Fsp3) is 0.400. The van der Waals surface area contributed by atoms with Gasteiger partial charge in [-0.05, 0) is 36.6 Å². The van der Waals surface area contributed by atoms with Gasteiger partial charge in [-0.2, -0.15) is 0 Å². The van der Waals surface area contributed by atoms with Crippen molar-refractivity contribution in [2.75, 3.05) is 19.6 Å². The lowest BCUT2D eigenvalue weighted by Gasteiger charge is -2.23. The third kappa shape index (κ3) is 2.63. The van der Waals surface area contributed by atoms with Crippen LogP contribution >= 0.6 is 0 Å². The minimum Gasteiger partial charge on any atom is -0.304 e. The number of hydrogen-bond acceptors (Lipinski definition) is 1. The molecule has 21 heavy (non-hydrogen) atoms. The van der Waals surface area contributed by atoms with Gasteiger partial charge < -0.3 is 4.90 Å². The molecule has 0 bridgehead atoms. The summed E-state index contributed by atoms with van der Waals surface area (Å²) in [6.07, 6.45) is 1.28. The van der Waals surface area contributed by atoms with Crippen molar-refractivity contribution in [3.63, 3.8) is 0 Å². The summed E-state index contributed by atoms with van der Waals surface area (Å²) in [7, 11) is 0. The van der Waals surface area contributed by atoms with Crippen molar-refractivity contribution in [3.05, 3.63) is 71.8 Å². The molecule has 0 aromatic heterocycles. The van der Waals surface area contributed by atoms with Crippen LogP contribution in [0.1, 0.15) is 31.4 Å². The minimum absolute atomic E-state index is 0.241. The van der Waals surface area contributed by atoms with E-state index in [1.54, 1.807) is 0 Å². The molecule has 0 amide bonds. The van der Waals surface area contributed by atoms with E-state index < -0.39 is 0 Å². The van der Waals surface area contributed by atoms with Crippen LogP contribution < -0.4 is 0 Å². The van der Waals surface area contributed by atoms with Crippen LogP contribution in [0.5, 0.6) is 0 Å². The highest BCUT2D eigenvalue weighted by molar-refractivity contribution is 5.47. The maximum absolute atomic E-state index is 2.55. The highest BCUT2D eigenvalue weighted by atomic mass is 15.1. The van der Waals surface area contributed by atoms with E-state index in [9.17, 15) is 0 Å². The van der Waals surface area contributed by atoms with Crippen LogP contribution in [0.3, 0.4) is 0 Å². The molecular formula is C20H25N. The zero-order chi connectivity index (χ0) is 14.7. The molecule has 1 saturated carbocycles. The van der Waals surface area contributed by atoms with Crippen LogP contribution in [-0.2, 0) is 5.41 Å². The number of rotatable bonds is 6. The molecule has 0 radical (unpaired) electrons. The second kappa shape index (κ2) is 6.03. The molecule has 0 heterocycles. The first-order valence-electron chi connectivity index (χ1n) is 8.14. The van der Waals surface area contributed by atoms with Gasteiger partial charge in [-0.1, -0.05) is 74.5 Å². The molecule has 1 aliphatic carbocycles. The molecule has 1 unspecified atom stereocenters. The van der Waals surface area contributed by atoms with Crippen LogP contribution in [0.15, 0.2) is 60.7 Å². The van der Waals surface area contributed by atoms with Crippen LogP contribution in [0.2, 0.25) is 0 Å². The number of hydrogen-bond donors (Lipinski definition) is 0. The Hall–Kier alpha value is -1.60. The fourth-order valence-corrected chi connectivity index (χ4v) is 3.69. The Balaban J connectivity index is 1.92. The Labute approximate surface area is 128 Å². The van der Waals surface area contributed by atoms with Gasteiger partial charge in [0.1, 0.15) is 0 Å². The van der Waals surface area contributed by atoms with Gasteiger partial charge >= 0.3 is 0 Å². The van der Waals surface area contributed by atoms with Gasteiger partial charge in [-0.25, -0.2) is 0 Å². The largest absolute Gasteiger partial charge is 0.304 e. The van der Waals surface area contributed by atoms with E-state index in [0.717, 1.165) is 19.0 Å². The summed E-state index contributed by atoms with van der Waals surface area (Å²) in [5, 5.41) is 0. The Morgan fingerprint density at radius 2 is 1.33 bits per heavy atom. The first kappa shape index (κ1) is 14.3. The molecular weight excluding hydrogens is 254 g/mol. The molecule has 2 aromatic carbocycles. The third-order valence-corrected chi connectivity index (χ3v) is 5.06. The SMILES string of the molecule is CCN(CC)CC1CC1(c1ccccc1)c1ccccc1. The Morgan fingerprint density at radius 1 is 0.857 bits per heavy atom. The van der Waals surface area contributed by atoms with Gasteiger partial charge in [0.15, 0.2) is 0 Å². The Kier molecular flexibility index (Phi) is 4.12. The van der Waals surface area contributed by atoms with E-state index in [-0.39, 0.29) is 5.41 Å². The smallest absolute Gasteiger partial charge is 0.0247 e. The molecule has 1 nitrogen and oxygen atoms in total. The van der Waals surface area contributed by atoms with Gasteiger partial charge in [0.05, 0.1) is 0 Å². The van der Waals surface area contributed by atoms with E-state index in [1.807, 2.05) is 0 Å². The van der Waals surface area contributed by atoms with Gasteiger partial charge in [0.2, 0.25) is 0 Å². The minimum atomic E-state index is 0.241. The second-order valence-electron chi connectivity index (χ2n) is 6.09. The highest BCUT2D eigenvalue weighted by Crippen LogP contribution is 2.58. The quantitative estimate of drug-likeness (QED) is 0.760. The van der Waals surface area contributed by atoms with Gasteiger partial charge in [-0.3, -0.25) is 0 Å². The fourth-order valence-electron chi connectivity index (χ4n) is 3.69. The van der Waals surface area contributed by atoms with E-state index in [4.69, 9.17) is 0 Å². The molecule has 0 aliphatic heterocycles. The summed E-state index contributed by atoms with van der Waals surface area (Å²) in [4.78, 5) is 2.55. The van der Waals surface area contributed by atoms with E-state index in [0.29, 0.717) is 0 Å². The summed E-state index contributed by atoms with van der Waals surface area (Å²) in [6, 6.07) is 22.1. The Bertz CT molecular complexity index is 517. The standard InChI is InChI=1S/C20H25N/c1-3-21(4-2)16-19-15-20(19,17-11-7-5-8-12-17)18-13-9-6-10-14-18/h5-14,19H,3-4,15-16H2,1-2H3. The summed E-state index contributed by atoms with van der Waals surface area (Å²) in [6.45, 7) is 8.02. The molecule has 3 rings (SSSR count). The predicted molar refractivity (Wildman–Crippen MR) is 89.6 cm³/mol. The van der Waals surface area contributed by atoms with Crippen LogP contribution in [0.4, 0.5) is 0 Å². The normalized spacial score (nSPS) is 19.7. The first-order chi connectivity index (χ1) is 10.3. The molecule has 110 valence electrons. The molecule has 0 N–H and O–H groups in total. The molecule has 1 heteroatoms. The third-order valence-electron chi connectivity index (χ3n) is 5.06. The Morgan fingerprint density at radius 3 is 1.76 bits per heavy atom. The number of benzene rings is 2. The van der Waals surface area contributed by atoms with Crippen LogP contribution in [0, 0.1) is 5.92 Å². The lowest BCUT2D eigenvalue weighted by Crippen LogP contribution is -2.28. The van der Waals surface area contributed by atoms with Crippen molar-refractivity contribution in [1.82, 2.24) is 4.90 Å². The van der Waals surface area contributed by atoms with Crippen molar-refractivity contribution in [3.8, 4) is 0 Å². The van der Waals surface area contributed by atoms with Crippen LogP contribution in [-0.4, -0.2) is 24.5 Å². The zero-order valence-corrected chi connectivity index (χ0v) is 13.1. The van der Waals surface area contributed by atoms with E-state index >= 15 is 0 Å². The van der Waals surface area contributed by atoms with Crippen molar-refractivity contribution in [1.29, 1.82) is 0 Å². The summed E-state index contributed by atoms with van der Waals surface area (Å²) >= 11 is 0. The monoisotopic (exact) mass is 279 g/mol. The lowest BCUT2D eigenvalue weighted by molar-refractivity contribution is 0.284. The van der Waals surface area contributed by atoms with E-state index in [2.05, 4.69) is 79.4 Å². The average molecular weight is 279 g/mol. The molecule has 1 aliphatic rings. The number of nitrogens with zero attached hydrogens (tertiary/aromatic N) is 1. The van der Waals surface area contributed by atoms with E-state index in [1.165, 1.54) is 24.1 Å². The highest BCUT2D eigenvalue weighted by Gasteiger charge is 2.56. The predicted octanol–water partition coefficient (Wildman–Crippen LogP) is 4.33.